The van der Waals surface area contributed by atoms with Crippen molar-refractivity contribution in [1.29, 1.82) is 0 Å². The molecule has 0 saturated carbocycles. The number of aromatic nitrogens is 1. The lowest BCUT2D eigenvalue weighted by molar-refractivity contribution is -0.146. The quantitative estimate of drug-likeness (QED) is 0.793. The van der Waals surface area contributed by atoms with Crippen molar-refractivity contribution in [3.8, 4) is 0 Å². The fraction of sp³-hybridized carbons (Fsp3) is 0.462. The molecule has 19 heavy (non-hydrogen) atoms. The van der Waals surface area contributed by atoms with Crippen LogP contribution in [0.1, 0.15) is 23.2 Å². The predicted octanol–water partition coefficient (Wildman–Crippen LogP) is 0.689. The summed E-state index contributed by atoms with van der Waals surface area (Å²) in [5.41, 5.74) is 6.56. The summed E-state index contributed by atoms with van der Waals surface area (Å²) in [6.45, 7) is 1.10. The van der Waals surface area contributed by atoms with Crippen molar-refractivity contribution in [2.45, 2.75) is 12.8 Å². The molecule has 0 radical (unpaired) electrons. The maximum absolute atomic E-state index is 12.2. The van der Waals surface area contributed by atoms with Gasteiger partial charge in [0.2, 0.25) is 0 Å². The van der Waals surface area contributed by atoms with Gasteiger partial charge in [0.15, 0.2) is 0 Å². The molecular weight excluding hydrogens is 246 g/mol. The maximum atomic E-state index is 12.2. The number of methoxy groups -OCH3 is 1. The van der Waals surface area contributed by atoms with Crippen LogP contribution < -0.4 is 5.73 Å². The number of ether oxygens (including phenoxy) is 1. The molecule has 102 valence electrons. The lowest BCUT2D eigenvalue weighted by Crippen LogP contribution is -2.40. The SMILES string of the molecule is COC(=O)C1CCN(C(=O)c2cncc(N)c2)CC1. The standard InChI is InChI=1S/C13H17N3O3/c1-19-13(18)9-2-4-16(5-3-9)12(17)10-6-11(14)8-15-7-10/h6-9H,2-5,14H2,1H3. The normalized spacial score (nSPS) is 16.2. The maximum Gasteiger partial charge on any atom is 0.308 e. The van der Waals surface area contributed by atoms with Gasteiger partial charge >= 0.3 is 5.97 Å². The lowest BCUT2D eigenvalue weighted by Gasteiger charge is -2.30. The van der Waals surface area contributed by atoms with Crippen LogP contribution in [0.15, 0.2) is 18.5 Å². The number of nitrogen functional groups attached to an aromatic ring is 1. The molecule has 2 heterocycles. The van der Waals surface area contributed by atoms with E-state index in [0.717, 1.165) is 0 Å². The van der Waals surface area contributed by atoms with Crippen molar-refractivity contribution >= 4 is 17.6 Å². The highest BCUT2D eigenvalue weighted by Crippen LogP contribution is 2.20. The molecule has 2 rings (SSSR count). The Labute approximate surface area is 111 Å². The number of pyridine rings is 1. The largest absolute Gasteiger partial charge is 0.469 e. The highest BCUT2D eigenvalue weighted by molar-refractivity contribution is 5.94. The van der Waals surface area contributed by atoms with E-state index in [1.807, 2.05) is 0 Å². The molecule has 0 aliphatic carbocycles. The number of likely N-dealkylation sites (tertiary alicyclic amines) is 1. The van der Waals surface area contributed by atoms with Gasteiger partial charge in [0, 0.05) is 25.5 Å². The zero-order valence-electron chi connectivity index (χ0n) is 10.8. The summed E-state index contributed by atoms with van der Waals surface area (Å²) in [5.74, 6) is -0.395. The van der Waals surface area contributed by atoms with Crippen LogP contribution in [0.2, 0.25) is 0 Å². The van der Waals surface area contributed by atoms with Gasteiger partial charge in [-0.2, -0.15) is 0 Å². The Kier molecular flexibility index (Phi) is 3.99. The van der Waals surface area contributed by atoms with Crippen LogP contribution in [-0.2, 0) is 9.53 Å². The van der Waals surface area contributed by atoms with Crippen molar-refractivity contribution in [2.75, 3.05) is 25.9 Å². The topological polar surface area (TPSA) is 85.5 Å². The molecule has 1 fully saturated rings. The van der Waals surface area contributed by atoms with Gasteiger partial charge in [0.25, 0.3) is 5.91 Å². The van der Waals surface area contributed by atoms with Crippen molar-refractivity contribution in [2.24, 2.45) is 5.92 Å². The van der Waals surface area contributed by atoms with Gasteiger partial charge in [-0.15, -0.1) is 0 Å². The number of carbonyl (C=O) groups is 2. The molecule has 0 atom stereocenters. The molecule has 0 bridgehead atoms. The fourth-order valence-corrected chi connectivity index (χ4v) is 2.24. The van der Waals surface area contributed by atoms with E-state index in [1.165, 1.54) is 19.5 Å². The van der Waals surface area contributed by atoms with Crippen LogP contribution in [0.4, 0.5) is 5.69 Å². The average molecular weight is 263 g/mol. The number of amides is 1. The van der Waals surface area contributed by atoms with E-state index in [2.05, 4.69) is 4.98 Å². The molecule has 0 aromatic carbocycles. The number of hydrogen-bond acceptors (Lipinski definition) is 5. The summed E-state index contributed by atoms with van der Waals surface area (Å²) in [6.07, 6.45) is 4.27. The Bertz CT molecular complexity index is 482. The molecule has 6 heteroatoms. The first-order chi connectivity index (χ1) is 9.11. The molecule has 1 amide bonds. The zero-order valence-corrected chi connectivity index (χ0v) is 10.8. The second-order valence-corrected chi connectivity index (χ2v) is 4.60. The van der Waals surface area contributed by atoms with E-state index in [4.69, 9.17) is 10.5 Å². The Morgan fingerprint density at radius 1 is 1.37 bits per heavy atom. The minimum Gasteiger partial charge on any atom is -0.469 e. The molecule has 0 unspecified atom stereocenters. The summed E-state index contributed by atoms with van der Waals surface area (Å²) >= 11 is 0. The fourth-order valence-electron chi connectivity index (χ4n) is 2.24. The third kappa shape index (κ3) is 3.01. The van der Waals surface area contributed by atoms with Crippen molar-refractivity contribution in [1.82, 2.24) is 9.88 Å². The van der Waals surface area contributed by atoms with Crippen molar-refractivity contribution in [3.05, 3.63) is 24.0 Å². The third-order valence-corrected chi connectivity index (χ3v) is 3.32. The minimum absolute atomic E-state index is 0.0943. The van der Waals surface area contributed by atoms with Gasteiger partial charge in [-0.3, -0.25) is 14.6 Å². The Morgan fingerprint density at radius 3 is 2.63 bits per heavy atom. The van der Waals surface area contributed by atoms with E-state index >= 15 is 0 Å². The molecular formula is C13H17N3O3. The van der Waals surface area contributed by atoms with Crippen LogP contribution in [0.5, 0.6) is 0 Å². The van der Waals surface area contributed by atoms with Crippen LogP contribution >= 0.6 is 0 Å². The van der Waals surface area contributed by atoms with E-state index < -0.39 is 0 Å². The molecule has 1 saturated heterocycles. The molecule has 1 aromatic heterocycles. The summed E-state index contributed by atoms with van der Waals surface area (Å²) < 4.78 is 4.72. The first-order valence-electron chi connectivity index (χ1n) is 6.19. The summed E-state index contributed by atoms with van der Waals surface area (Å²) in [7, 11) is 1.39. The predicted molar refractivity (Wildman–Crippen MR) is 69.3 cm³/mol. The summed E-state index contributed by atoms with van der Waals surface area (Å²) in [5, 5.41) is 0. The monoisotopic (exact) mass is 263 g/mol. The van der Waals surface area contributed by atoms with Gasteiger partial charge in [0.05, 0.1) is 24.3 Å². The van der Waals surface area contributed by atoms with Crippen LogP contribution in [-0.4, -0.2) is 42.0 Å². The van der Waals surface area contributed by atoms with Crippen molar-refractivity contribution < 1.29 is 14.3 Å². The van der Waals surface area contributed by atoms with Gasteiger partial charge in [-0.25, -0.2) is 0 Å². The number of carbonyl (C=O) groups excluding carboxylic acids is 2. The third-order valence-electron chi connectivity index (χ3n) is 3.32. The number of hydrogen-bond donors (Lipinski definition) is 1. The highest BCUT2D eigenvalue weighted by atomic mass is 16.5. The van der Waals surface area contributed by atoms with Gasteiger partial charge < -0.3 is 15.4 Å². The van der Waals surface area contributed by atoms with E-state index in [-0.39, 0.29) is 17.8 Å². The number of nitrogens with two attached hydrogens (primary N) is 1. The number of nitrogens with zero attached hydrogens (tertiary/aromatic N) is 2. The zero-order chi connectivity index (χ0) is 13.8. The van der Waals surface area contributed by atoms with Crippen molar-refractivity contribution in [3.63, 3.8) is 0 Å². The number of esters is 1. The molecule has 6 nitrogen and oxygen atoms in total. The van der Waals surface area contributed by atoms with Crippen LogP contribution in [0.25, 0.3) is 0 Å². The van der Waals surface area contributed by atoms with E-state index in [1.54, 1.807) is 11.0 Å². The molecule has 1 aliphatic rings. The van der Waals surface area contributed by atoms with E-state index in [0.29, 0.717) is 37.2 Å². The van der Waals surface area contributed by atoms with Gasteiger partial charge in [0.1, 0.15) is 0 Å². The number of rotatable bonds is 2. The molecule has 1 aromatic rings. The van der Waals surface area contributed by atoms with Crippen LogP contribution in [0.3, 0.4) is 0 Å². The van der Waals surface area contributed by atoms with Gasteiger partial charge in [-0.1, -0.05) is 0 Å². The highest BCUT2D eigenvalue weighted by Gasteiger charge is 2.28. The molecule has 0 spiro atoms. The average Bonchev–Trinajstić information content (AvgIpc) is 2.46. The molecule has 2 N–H and O–H groups in total. The lowest BCUT2D eigenvalue weighted by atomic mass is 9.96. The first kappa shape index (κ1) is 13.3. The van der Waals surface area contributed by atoms with E-state index in [9.17, 15) is 9.59 Å². The Morgan fingerprint density at radius 2 is 2.05 bits per heavy atom. The summed E-state index contributed by atoms with van der Waals surface area (Å²) in [4.78, 5) is 29.2. The second-order valence-electron chi connectivity index (χ2n) is 4.60. The number of anilines is 1. The first-order valence-corrected chi connectivity index (χ1v) is 6.19. The van der Waals surface area contributed by atoms with Gasteiger partial charge in [-0.05, 0) is 18.9 Å². The Hall–Kier alpha value is -2.11. The smallest absolute Gasteiger partial charge is 0.308 e. The minimum atomic E-state index is -0.197. The van der Waals surface area contributed by atoms with Crippen LogP contribution in [0, 0.1) is 5.92 Å². The second kappa shape index (κ2) is 5.69. The molecule has 1 aliphatic heterocycles. The number of piperidine rings is 1. The Balaban J connectivity index is 1.98. The summed E-state index contributed by atoms with van der Waals surface area (Å²) in [6, 6.07) is 1.61.